The minimum absolute atomic E-state index is 0.0785. The number of primary amides is 1. The molecule has 8 heteroatoms. The van der Waals surface area contributed by atoms with Gasteiger partial charge in [-0.3, -0.25) is 19.2 Å². The van der Waals surface area contributed by atoms with Crippen LogP contribution >= 0.6 is 0 Å². The van der Waals surface area contributed by atoms with Gasteiger partial charge in [0.05, 0.1) is 5.92 Å². The first-order chi connectivity index (χ1) is 14.9. The van der Waals surface area contributed by atoms with Crippen LogP contribution in [0.4, 0.5) is 0 Å². The molecule has 2 fully saturated rings. The number of likely N-dealkylation sites (tertiary alicyclic amines) is 2. The molecule has 1 aromatic rings. The number of piperidine rings is 2. The number of carbonyl (C=O) groups excluding carboxylic acids is 4. The maximum atomic E-state index is 12.3. The van der Waals surface area contributed by atoms with Crippen molar-refractivity contribution < 1.29 is 23.9 Å². The van der Waals surface area contributed by atoms with Crippen molar-refractivity contribution in [1.29, 1.82) is 0 Å². The SMILES string of the molecule is NC(=O)C1CCN(C(=O)COC(=O)C2CCN(C(=O)/C=C/c3ccccc3)CC2)CC1. The number of hydrogen-bond donors (Lipinski definition) is 1. The second kappa shape index (κ2) is 10.7. The van der Waals surface area contributed by atoms with E-state index in [4.69, 9.17) is 10.5 Å². The Hall–Kier alpha value is -3.16. The average molecular weight is 428 g/mol. The van der Waals surface area contributed by atoms with Crippen molar-refractivity contribution in [2.24, 2.45) is 17.6 Å². The van der Waals surface area contributed by atoms with Gasteiger partial charge in [-0.2, -0.15) is 0 Å². The van der Waals surface area contributed by atoms with Crippen LogP contribution in [-0.4, -0.2) is 66.3 Å². The summed E-state index contributed by atoms with van der Waals surface area (Å²) in [5.74, 6) is -1.57. The lowest BCUT2D eigenvalue weighted by atomic mass is 9.96. The van der Waals surface area contributed by atoms with Gasteiger partial charge in [0.15, 0.2) is 6.61 Å². The van der Waals surface area contributed by atoms with Crippen molar-refractivity contribution in [3.05, 3.63) is 42.0 Å². The van der Waals surface area contributed by atoms with Crippen molar-refractivity contribution in [1.82, 2.24) is 9.80 Å². The first kappa shape index (κ1) is 22.5. The van der Waals surface area contributed by atoms with Gasteiger partial charge < -0.3 is 20.3 Å². The molecule has 2 saturated heterocycles. The molecular weight excluding hydrogens is 398 g/mol. The van der Waals surface area contributed by atoms with Crippen LogP contribution in [0.5, 0.6) is 0 Å². The molecule has 0 aliphatic carbocycles. The third-order valence-electron chi connectivity index (χ3n) is 5.95. The molecule has 0 bridgehead atoms. The molecule has 0 radical (unpaired) electrons. The first-order valence-electron chi connectivity index (χ1n) is 10.7. The quantitative estimate of drug-likeness (QED) is 0.542. The molecule has 8 nitrogen and oxygen atoms in total. The summed E-state index contributed by atoms with van der Waals surface area (Å²) in [6.07, 6.45) is 5.44. The summed E-state index contributed by atoms with van der Waals surface area (Å²) >= 11 is 0. The highest BCUT2D eigenvalue weighted by Gasteiger charge is 2.30. The number of esters is 1. The predicted octanol–water partition coefficient (Wildman–Crippen LogP) is 1.21. The number of benzene rings is 1. The van der Waals surface area contributed by atoms with Gasteiger partial charge in [0, 0.05) is 38.2 Å². The van der Waals surface area contributed by atoms with Crippen molar-refractivity contribution >= 4 is 29.8 Å². The molecule has 0 aromatic heterocycles. The van der Waals surface area contributed by atoms with Crippen molar-refractivity contribution in [3.63, 3.8) is 0 Å². The lowest BCUT2D eigenvalue weighted by Gasteiger charge is -2.31. The zero-order valence-electron chi connectivity index (χ0n) is 17.6. The largest absolute Gasteiger partial charge is 0.455 e. The predicted molar refractivity (Wildman–Crippen MR) is 114 cm³/mol. The third-order valence-corrected chi connectivity index (χ3v) is 5.95. The highest BCUT2D eigenvalue weighted by atomic mass is 16.5. The Kier molecular flexibility index (Phi) is 7.81. The number of nitrogens with two attached hydrogens (primary N) is 1. The van der Waals surface area contributed by atoms with Gasteiger partial charge in [-0.25, -0.2) is 0 Å². The Morgan fingerprint density at radius 3 is 2.10 bits per heavy atom. The van der Waals surface area contributed by atoms with E-state index in [0.717, 1.165) is 5.56 Å². The monoisotopic (exact) mass is 427 g/mol. The second-order valence-corrected chi connectivity index (χ2v) is 8.01. The van der Waals surface area contributed by atoms with Gasteiger partial charge in [-0.05, 0) is 37.3 Å². The molecule has 0 unspecified atom stereocenters. The van der Waals surface area contributed by atoms with Crippen LogP contribution in [0.3, 0.4) is 0 Å². The Bertz CT molecular complexity index is 823. The Labute approximate surface area is 182 Å². The molecule has 3 amide bonds. The second-order valence-electron chi connectivity index (χ2n) is 8.01. The molecule has 1 aromatic carbocycles. The van der Waals surface area contributed by atoms with Crippen LogP contribution in [0.15, 0.2) is 36.4 Å². The van der Waals surface area contributed by atoms with E-state index >= 15 is 0 Å². The molecule has 3 rings (SSSR count). The first-order valence-corrected chi connectivity index (χ1v) is 10.7. The van der Waals surface area contributed by atoms with E-state index in [1.807, 2.05) is 30.3 Å². The van der Waals surface area contributed by atoms with E-state index in [-0.39, 0.29) is 36.2 Å². The van der Waals surface area contributed by atoms with Crippen LogP contribution in [-0.2, 0) is 23.9 Å². The van der Waals surface area contributed by atoms with E-state index < -0.39 is 5.97 Å². The highest BCUT2D eigenvalue weighted by molar-refractivity contribution is 5.92. The smallest absolute Gasteiger partial charge is 0.309 e. The van der Waals surface area contributed by atoms with E-state index in [2.05, 4.69) is 0 Å². The standard InChI is InChI=1S/C23H29N3O5/c24-22(29)18-8-12-26(13-9-18)21(28)16-31-23(30)19-10-14-25(15-11-19)20(27)7-6-17-4-2-1-3-5-17/h1-7,18-19H,8-16H2,(H2,24,29)/b7-6+. The van der Waals surface area contributed by atoms with Crippen LogP contribution in [0, 0.1) is 11.8 Å². The Morgan fingerprint density at radius 1 is 0.903 bits per heavy atom. The molecule has 0 spiro atoms. The fourth-order valence-electron chi connectivity index (χ4n) is 3.93. The van der Waals surface area contributed by atoms with Crippen LogP contribution in [0.2, 0.25) is 0 Å². The maximum absolute atomic E-state index is 12.3. The molecule has 166 valence electrons. The fourth-order valence-corrected chi connectivity index (χ4v) is 3.93. The molecule has 0 saturated carbocycles. The number of hydrogen-bond acceptors (Lipinski definition) is 5. The zero-order valence-corrected chi connectivity index (χ0v) is 17.6. The van der Waals surface area contributed by atoms with Gasteiger partial charge >= 0.3 is 5.97 Å². The maximum Gasteiger partial charge on any atom is 0.309 e. The molecule has 2 heterocycles. The minimum Gasteiger partial charge on any atom is -0.455 e. The molecule has 2 N–H and O–H groups in total. The Balaban J connectivity index is 1.37. The van der Waals surface area contributed by atoms with Gasteiger partial charge in [0.2, 0.25) is 11.8 Å². The van der Waals surface area contributed by atoms with Crippen molar-refractivity contribution in [2.75, 3.05) is 32.8 Å². The zero-order chi connectivity index (χ0) is 22.2. The van der Waals surface area contributed by atoms with Gasteiger partial charge in [-0.15, -0.1) is 0 Å². The highest BCUT2D eigenvalue weighted by Crippen LogP contribution is 2.20. The van der Waals surface area contributed by atoms with Crippen LogP contribution < -0.4 is 5.73 Å². The fraction of sp³-hybridized carbons (Fsp3) is 0.478. The number of amides is 3. The molecule has 0 atom stereocenters. The lowest BCUT2D eigenvalue weighted by molar-refractivity contribution is -0.157. The van der Waals surface area contributed by atoms with Crippen molar-refractivity contribution in [2.45, 2.75) is 25.7 Å². The summed E-state index contributed by atoms with van der Waals surface area (Å²) in [5.41, 5.74) is 6.26. The van der Waals surface area contributed by atoms with E-state index in [1.165, 1.54) is 0 Å². The number of ether oxygens (including phenoxy) is 1. The van der Waals surface area contributed by atoms with Crippen LogP contribution in [0.25, 0.3) is 6.08 Å². The van der Waals surface area contributed by atoms with E-state index in [1.54, 1.807) is 22.0 Å². The number of carbonyl (C=O) groups is 4. The molecular formula is C23H29N3O5. The Morgan fingerprint density at radius 2 is 1.48 bits per heavy atom. The molecule has 31 heavy (non-hydrogen) atoms. The molecule has 2 aliphatic heterocycles. The number of nitrogens with zero attached hydrogens (tertiary/aromatic N) is 2. The topological polar surface area (TPSA) is 110 Å². The number of rotatable bonds is 6. The lowest BCUT2D eigenvalue weighted by Crippen LogP contribution is -2.44. The minimum atomic E-state index is -0.396. The van der Waals surface area contributed by atoms with Gasteiger partial charge in [-0.1, -0.05) is 30.3 Å². The summed E-state index contributed by atoms with van der Waals surface area (Å²) in [6.45, 7) is 1.56. The van der Waals surface area contributed by atoms with E-state index in [0.29, 0.717) is 51.9 Å². The summed E-state index contributed by atoms with van der Waals surface area (Å²) in [4.78, 5) is 51.5. The average Bonchev–Trinajstić information content (AvgIpc) is 2.81. The van der Waals surface area contributed by atoms with Gasteiger partial charge in [0.25, 0.3) is 5.91 Å². The van der Waals surface area contributed by atoms with Crippen molar-refractivity contribution in [3.8, 4) is 0 Å². The summed E-state index contributed by atoms with van der Waals surface area (Å²) in [6, 6.07) is 9.59. The summed E-state index contributed by atoms with van der Waals surface area (Å²) in [7, 11) is 0. The van der Waals surface area contributed by atoms with Crippen LogP contribution in [0.1, 0.15) is 31.2 Å². The summed E-state index contributed by atoms with van der Waals surface area (Å²) in [5, 5.41) is 0. The summed E-state index contributed by atoms with van der Waals surface area (Å²) < 4.78 is 5.23. The third kappa shape index (κ3) is 6.41. The van der Waals surface area contributed by atoms with E-state index in [9.17, 15) is 19.2 Å². The normalized spacial score (nSPS) is 18.2. The molecule has 2 aliphatic rings. The van der Waals surface area contributed by atoms with Gasteiger partial charge in [0.1, 0.15) is 0 Å².